The van der Waals surface area contributed by atoms with Crippen molar-refractivity contribution < 1.29 is 9.50 Å². The Balaban J connectivity index is 2.44. The fraction of sp³-hybridized carbons (Fsp3) is 0.100. The van der Waals surface area contributed by atoms with Gasteiger partial charge in [0.25, 0.3) is 0 Å². The van der Waals surface area contributed by atoms with Gasteiger partial charge in [0.05, 0.1) is 18.5 Å². The molecule has 0 saturated heterocycles. The predicted molar refractivity (Wildman–Crippen MR) is 62.6 cm³/mol. The normalized spacial score (nSPS) is 10.6. The van der Waals surface area contributed by atoms with Crippen LogP contribution in [0, 0.1) is 9.39 Å². The number of benzene rings is 1. The lowest BCUT2D eigenvalue weighted by atomic mass is 10.2. The molecule has 15 heavy (non-hydrogen) atoms. The lowest BCUT2D eigenvalue weighted by Crippen LogP contribution is -1.87. The Morgan fingerprint density at radius 2 is 2.27 bits per heavy atom. The van der Waals surface area contributed by atoms with Crippen LogP contribution < -0.4 is 0 Å². The van der Waals surface area contributed by atoms with Gasteiger partial charge in [-0.25, -0.2) is 9.37 Å². The van der Waals surface area contributed by atoms with Crippen molar-refractivity contribution in [2.45, 2.75) is 6.61 Å². The zero-order valence-electron chi connectivity index (χ0n) is 7.67. The molecule has 78 valence electrons. The largest absolute Gasteiger partial charge is 0.390 e. The smallest absolute Gasteiger partial charge is 0.138 e. The third-order valence-corrected chi connectivity index (χ3v) is 2.88. The minimum absolute atomic E-state index is 0.0786. The maximum Gasteiger partial charge on any atom is 0.138 e. The van der Waals surface area contributed by atoms with Gasteiger partial charge < -0.3 is 10.1 Å². The van der Waals surface area contributed by atoms with Crippen molar-refractivity contribution in [3.8, 4) is 11.4 Å². The molecule has 5 heteroatoms. The summed E-state index contributed by atoms with van der Waals surface area (Å²) in [4.78, 5) is 7.06. The van der Waals surface area contributed by atoms with Crippen molar-refractivity contribution in [2.24, 2.45) is 0 Å². The van der Waals surface area contributed by atoms with E-state index in [1.807, 2.05) is 22.6 Å². The van der Waals surface area contributed by atoms with Gasteiger partial charge in [0.15, 0.2) is 0 Å². The van der Waals surface area contributed by atoms with Gasteiger partial charge in [-0.1, -0.05) is 0 Å². The van der Waals surface area contributed by atoms with E-state index in [1.165, 1.54) is 12.1 Å². The van der Waals surface area contributed by atoms with E-state index in [1.54, 1.807) is 12.3 Å². The molecule has 1 heterocycles. The van der Waals surface area contributed by atoms with Gasteiger partial charge in [0, 0.05) is 9.13 Å². The molecule has 0 fully saturated rings. The molecule has 0 atom stereocenters. The Kier molecular flexibility index (Phi) is 3.01. The van der Waals surface area contributed by atoms with E-state index in [0.29, 0.717) is 11.5 Å². The van der Waals surface area contributed by atoms with Crippen molar-refractivity contribution in [3.05, 3.63) is 39.5 Å². The van der Waals surface area contributed by atoms with Gasteiger partial charge >= 0.3 is 0 Å². The van der Waals surface area contributed by atoms with Crippen molar-refractivity contribution in [1.82, 2.24) is 9.97 Å². The average molecular weight is 318 g/mol. The topological polar surface area (TPSA) is 48.9 Å². The molecule has 1 aromatic heterocycles. The highest BCUT2D eigenvalue weighted by Gasteiger charge is 2.07. The molecule has 0 saturated carbocycles. The summed E-state index contributed by atoms with van der Waals surface area (Å²) >= 11 is 2.05. The van der Waals surface area contributed by atoms with Crippen LogP contribution in [0.3, 0.4) is 0 Å². The van der Waals surface area contributed by atoms with Crippen LogP contribution in [-0.2, 0) is 6.61 Å². The molecule has 0 aliphatic carbocycles. The van der Waals surface area contributed by atoms with Crippen LogP contribution in [0.2, 0.25) is 0 Å². The lowest BCUT2D eigenvalue weighted by molar-refractivity contribution is 0.277. The van der Waals surface area contributed by atoms with Crippen LogP contribution >= 0.6 is 22.6 Å². The lowest BCUT2D eigenvalue weighted by Gasteiger charge is -2.00. The second-order valence-corrected chi connectivity index (χ2v) is 4.20. The van der Waals surface area contributed by atoms with E-state index in [2.05, 4.69) is 9.97 Å². The number of halogens is 2. The second kappa shape index (κ2) is 4.28. The van der Waals surface area contributed by atoms with Crippen molar-refractivity contribution in [1.29, 1.82) is 0 Å². The third kappa shape index (κ3) is 2.18. The summed E-state index contributed by atoms with van der Waals surface area (Å²) in [5.41, 5.74) is 1.47. The predicted octanol–water partition coefficient (Wildman–Crippen LogP) is 2.31. The molecule has 0 bridgehead atoms. The monoisotopic (exact) mass is 318 g/mol. The number of aliphatic hydroxyl groups is 1. The molecule has 2 N–H and O–H groups in total. The van der Waals surface area contributed by atoms with Gasteiger partial charge in [0.2, 0.25) is 0 Å². The van der Waals surface area contributed by atoms with Crippen molar-refractivity contribution in [3.63, 3.8) is 0 Å². The summed E-state index contributed by atoms with van der Waals surface area (Å²) in [6.07, 6.45) is 1.56. The third-order valence-electron chi connectivity index (χ3n) is 1.99. The minimum atomic E-state index is -0.267. The van der Waals surface area contributed by atoms with Crippen LogP contribution in [0.5, 0.6) is 0 Å². The maximum absolute atomic E-state index is 12.9. The van der Waals surface area contributed by atoms with Gasteiger partial charge in [-0.05, 0) is 40.8 Å². The summed E-state index contributed by atoms with van der Waals surface area (Å²) in [6.45, 7) is -0.0786. The van der Waals surface area contributed by atoms with Crippen LogP contribution in [0.25, 0.3) is 11.4 Å². The minimum Gasteiger partial charge on any atom is -0.390 e. The number of nitrogens with one attached hydrogen (secondary N) is 1. The molecule has 0 aliphatic rings. The Labute approximate surface area is 99.5 Å². The van der Waals surface area contributed by atoms with Crippen molar-refractivity contribution >= 4 is 22.6 Å². The summed E-state index contributed by atoms with van der Waals surface area (Å²) in [7, 11) is 0. The molecular formula is C10H8FIN2O. The van der Waals surface area contributed by atoms with Crippen LogP contribution in [0.4, 0.5) is 4.39 Å². The first-order valence-electron chi connectivity index (χ1n) is 4.31. The summed E-state index contributed by atoms with van der Waals surface area (Å²) in [6, 6.07) is 4.49. The van der Waals surface area contributed by atoms with E-state index >= 15 is 0 Å². The van der Waals surface area contributed by atoms with E-state index < -0.39 is 0 Å². The van der Waals surface area contributed by atoms with Crippen molar-refractivity contribution in [2.75, 3.05) is 0 Å². The fourth-order valence-electron chi connectivity index (χ4n) is 1.26. The first-order chi connectivity index (χ1) is 7.20. The van der Waals surface area contributed by atoms with Crippen LogP contribution in [0.1, 0.15) is 5.69 Å². The number of aromatic amines is 1. The Morgan fingerprint density at radius 1 is 1.47 bits per heavy atom. The van der Waals surface area contributed by atoms with E-state index in [4.69, 9.17) is 5.11 Å². The Hall–Kier alpha value is -0.950. The molecule has 0 amide bonds. The highest BCUT2D eigenvalue weighted by atomic mass is 127. The Morgan fingerprint density at radius 3 is 2.87 bits per heavy atom. The Bertz CT molecular complexity index is 484. The molecule has 2 rings (SSSR count). The number of rotatable bonds is 2. The molecule has 2 aromatic rings. The molecule has 1 aromatic carbocycles. The number of aromatic nitrogens is 2. The summed E-state index contributed by atoms with van der Waals surface area (Å²) in [5.74, 6) is 0.375. The van der Waals surface area contributed by atoms with E-state index in [0.717, 1.165) is 9.13 Å². The van der Waals surface area contributed by atoms with Crippen LogP contribution in [0.15, 0.2) is 24.4 Å². The first kappa shape index (κ1) is 10.6. The second-order valence-electron chi connectivity index (χ2n) is 3.04. The summed E-state index contributed by atoms with van der Waals surface area (Å²) in [5, 5.41) is 8.88. The van der Waals surface area contributed by atoms with Gasteiger partial charge in [-0.15, -0.1) is 0 Å². The first-order valence-corrected chi connectivity index (χ1v) is 5.39. The zero-order valence-corrected chi connectivity index (χ0v) is 9.82. The number of hydrogen-bond acceptors (Lipinski definition) is 2. The van der Waals surface area contributed by atoms with Gasteiger partial charge in [-0.2, -0.15) is 0 Å². The van der Waals surface area contributed by atoms with Crippen LogP contribution in [-0.4, -0.2) is 15.1 Å². The average Bonchev–Trinajstić information content (AvgIpc) is 2.66. The number of H-pyrrole nitrogens is 1. The highest BCUT2D eigenvalue weighted by Crippen LogP contribution is 2.23. The summed E-state index contributed by atoms with van der Waals surface area (Å²) < 4.78 is 13.6. The van der Waals surface area contributed by atoms with E-state index in [9.17, 15) is 4.39 Å². The van der Waals surface area contributed by atoms with Gasteiger partial charge in [0.1, 0.15) is 11.6 Å². The number of nitrogens with zero attached hydrogens (tertiary/aromatic N) is 1. The quantitative estimate of drug-likeness (QED) is 0.835. The molecular weight excluding hydrogens is 310 g/mol. The van der Waals surface area contributed by atoms with Gasteiger partial charge in [-0.3, -0.25) is 0 Å². The zero-order chi connectivity index (χ0) is 10.8. The van der Waals surface area contributed by atoms with E-state index in [-0.39, 0.29) is 12.4 Å². The molecule has 0 radical (unpaired) electrons. The molecule has 0 spiro atoms. The standard InChI is InChI=1S/C10H8FIN2O/c11-6-1-2-8(9(12)3-6)10-13-4-7(5-15)14-10/h1-4,15H,5H2,(H,13,14). The molecule has 0 aliphatic heterocycles. The number of hydrogen-bond donors (Lipinski definition) is 2. The molecule has 3 nitrogen and oxygen atoms in total. The fourth-order valence-corrected chi connectivity index (χ4v) is 1.99. The number of aliphatic hydroxyl groups excluding tert-OH is 1. The SMILES string of the molecule is OCc1cnc(-c2ccc(F)cc2I)[nH]1. The highest BCUT2D eigenvalue weighted by molar-refractivity contribution is 14.1. The maximum atomic E-state index is 12.9. The number of imidazole rings is 1. The molecule has 0 unspecified atom stereocenters.